The van der Waals surface area contributed by atoms with Crippen molar-refractivity contribution >= 4 is 0 Å². The van der Waals surface area contributed by atoms with Crippen LogP contribution in [0.5, 0.6) is 11.5 Å². The molecule has 1 aromatic rings. The van der Waals surface area contributed by atoms with Gasteiger partial charge in [-0.3, -0.25) is 0 Å². The van der Waals surface area contributed by atoms with Gasteiger partial charge in [0.2, 0.25) is 0 Å². The molecular weight excluding hydrogens is 266 g/mol. The molecule has 4 heteroatoms. The van der Waals surface area contributed by atoms with E-state index in [1.54, 1.807) is 14.2 Å². The predicted molar refractivity (Wildman–Crippen MR) is 84.0 cm³/mol. The Morgan fingerprint density at radius 2 is 2.14 bits per heavy atom. The monoisotopic (exact) mass is 293 g/mol. The van der Waals surface area contributed by atoms with Gasteiger partial charge in [0.25, 0.3) is 0 Å². The molecule has 0 bridgehead atoms. The predicted octanol–water partition coefficient (Wildman–Crippen LogP) is 2.86. The lowest BCUT2D eigenvalue weighted by Gasteiger charge is -2.22. The number of methoxy groups -OCH3 is 2. The third-order valence-corrected chi connectivity index (χ3v) is 4.29. The van der Waals surface area contributed by atoms with Gasteiger partial charge in [0.05, 0.1) is 20.3 Å². The molecule has 4 nitrogen and oxygen atoms in total. The smallest absolute Gasteiger partial charge is 0.124 e. The second kappa shape index (κ2) is 7.66. The summed E-state index contributed by atoms with van der Waals surface area (Å²) in [4.78, 5) is 2.35. The van der Waals surface area contributed by atoms with Gasteiger partial charge >= 0.3 is 0 Å². The standard InChI is InChI=1S/C17H27NO3/c1-4-5-13-8-9-18(11-13)12-16(19)15-10-14(20-2)6-7-17(15)21-3/h6-7,10,13,16,19H,4-5,8-9,11-12H2,1-3H3. The normalized spacial score (nSPS) is 20.5. The molecule has 2 rings (SSSR count). The zero-order valence-corrected chi connectivity index (χ0v) is 13.3. The molecule has 1 heterocycles. The van der Waals surface area contributed by atoms with Crippen LogP contribution in [0.15, 0.2) is 18.2 Å². The maximum absolute atomic E-state index is 10.6. The van der Waals surface area contributed by atoms with Crippen LogP contribution in [0.4, 0.5) is 0 Å². The van der Waals surface area contributed by atoms with E-state index < -0.39 is 6.10 Å². The number of ether oxygens (including phenoxy) is 2. The van der Waals surface area contributed by atoms with E-state index in [9.17, 15) is 5.11 Å². The van der Waals surface area contributed by atoms with Crippen LogP contribution in [0, 0.1) is 5.92 Å². The first-order chi connectivity index (χ1) is 10.2. The van der Waals surface area contributed by atoms with E-state index >= 15 is 0 Å². The summed E-state index contributed by atoms with van der Waals surface area (Å²) in [5.74, 6) is 2.25. The molecule has 0 aromatic heterocycles. The van der Waals surface area contributed by atoms with Crippen molar-refractivity contribution in [1.29, 1.82) is 0 Å². The summed E-state index contributed by atoms with van der Waals surface area (Å²) in [7, 11) is 3.26. The first-order valence-electron chi connectivity index (χ1n) is 7.80. The second-order valence-electron chi connectivity index (χ2n) is 5.83. The Bertz CT molecular complexity index is 450. The minimum atomic E-state index is -0.546. The topological polar surface area (TPSA) is 41.9 Å². The highest BCUT2D eigenvalue weighted by Crippen LogP contribution is 2.31. The number of β-amino-alcohol motifs (C(OH)–C–C–N with tert-alkyl or cyclic N) is 1. The highest BCUT2D eigenvalue weighted by Gasteiger charge is 2.25. The van der Waals surface area contributed by atoms with E-state index in [4.69, 9.17) is 9.47 Å². The minimum Gasteiger partial charge on any atom is -0.497 e. The first kappa shape index (κ1) is 16.1. The van der Waals surface area contributed by atoms with Crippen molar-refractivity contribution in [2.45, 2.75) is 32.3 Å². The molecule has 0 radical (unpaired) electrons. The van der Waals surface area contributed by atoms with Crippen molar-refractivity contribution in [1.82, 2.24) is 4.90 Å². The molecule has 118 valence electrons. The van der Waals surface area contributed by atoms with Crippen LogP contribution in [0.25, 0.3) is 0 Å². The fourth-order valence-electron chi connectivity index (χ4n) is 3.17. The van der Waals surface area contributed by atoms with Crippen LogP contribution in [0.3, 0.4) is 0 Å². The lowest BCUT2D eigenvalue weighted by molar-refractivity contribution is 0.121. The summed E-state index contributed by atoms with van der Waals surface area (Å²) in [6, 6.07) is 5.56. The number of aliphatic hydroxyl groups excluding tert-OH is 1. The third-order valence-electron chi connectivity index (χ3n) is 4.29. The number of hydrogen-bond acceptors (Lipinski definition) is 4. The molecule has 21 heavy (non-hydrogen) atoms. The van der Waals surface area contributed by atoms with Crippen LogP contribution in [-0.4, -0.2) is 43.9 Å². The molecule has 1 aromatic carbocycles. The Morgan fingerprint density at radius 1 is 1.33 bits per heavy atom. The van der Waals surface area contributed by atoms with E-state index in [0.29, 0.717) is 12.3 Å². The summed E-state index contributed by atoms with van der Waals surface area (Å²) < 4.78 is 10.6. The molecule has 0 saturated carbocycles. The number of benzene rings is 1. The van der Waals surface area contributed by atoms with Crippen LogP contribution < -0.4 is 9.47 Å². The fraction of sp³-hybridized carbons (Fsp3) is 0.647. The Hall–Kier alpha value is -1.26. The molecule has 0 aliphatic carbocycles. The Labute approximate surface area is 127 Å². The minimum absolute atomic E-state index is 0.546. The molecule has 0 spiro atoms. The van der Waals surface area contributed by atoms with Crippen molar-refractivity contribution in [2.75, 3.05) is 33.9 Å². The summed E-state index contributed by atoms with van der Waals surface area (Å²) in [6.45, 7) is 5.06. The second-order valence-corrected chi connectivity index (χ2v) is 5.83. The fourth-order valence-corrected chi connectivity index (χ4v) is 3.17. The highest BCUT2D eigenvalue weighted by molar-refractivity contribution is 5.41. The number of aliphatic hydroxyl groups is 1. The summed E-state index contributed by atoms with van der Waals surface area (Å²) in [5.41, 5.74) is 0.802. The largest absolute Gasteiger partial charge is 0.497 e. The first-order valence-corrected chi connectivity index (χ1v) is 7.80. The molecule has 1 fully saturated rings. The zero-order chi connectivity index (χ0) is 15.2. The SMILES string of the molecule is CCCC1CCN(CC(O)c2cc(OC)ccc2OC)C1. The highest BCUT2D eigenvalue weighted by atomic mass is 16.5. The molecule has 1 aliphatic rings. The van der Waals surface area contributed by atoms with Gasteiger partial charge in [-0.2, -0.15) is 0 Å². The van der Waals surface area contributed by atoms with Crippen molar-refractivity contribution in [3.63, 3.8) is 0 Å². The van der Waals surface area contributed by atoms with E-state index in [1.807, 2.05) is 18.2 Å². The lowest BCUT2D eigenvalue weighted by atomic mass is 10.0. The van der Waals surface area contributed by atoms with Gasteiger partial charge in [-0.05, 0) is 43.5 Å². The summed E-state index contributed by atoms with van der Waals surface area (Å²) in [6.07, 6.45) is 3.23. The number of likely N-dealkylation sites (tertiary alicyclic amines) is 1. The summed E-state index contributed by atoms with van der Waals surface area (Å²) >= 11 is 0. The van der Waals surface area contributed by atoms with Crippen LogP contribution in [0.1, 0.15) is 37.9 Å². The maximum Gasteiger partial charge on any atom is 0.124 e. The molecule has 1 aliphatic heterocycles. The van der Waals surface area contributed by atoms with Gasteiger partial charge in [-0.15, -0.1) is 0 Å². The maximum atomic E-state index is 10.6. The Kier molecular flexibility index (Phi) is 5.88. The van der Waals surface area contributed by atoms with Crippen LogP contribution in [0.2, 0.25) is 0 Å². The third kappa shape index (κ3) is 4.11. The number of nitrogens with zero attached hydrogens (tertiary/aromatic N) is 1. The Morgan fingerprint density at radius 3 is 2.81 bits per heavy atom. The molecule has 0 amide bonds. The van der Waals surface area contributed by atoms with Crippen molar-refractivity contribution < 1.29 is 14.6 Å². The average molecular weight is 293 g/mol. The molecule has 2 atom stereocenters. The van der Waals surface area contributed by atoms with E-state index in [1.165, 1.54) is 19.3 Å². The van der Waals surface area contributed by atoms with Crippen LogP contribution in [-0.2, 0) is 0 Å². The molecule has 2 unspecified atom stereocenters. The van der Waals surface area contributed by atoms with E-state index in [0.717, 1.165) is 30.3 Å². The zero-order valence-electron chi connectivity index (χ0n) is 13.3. The average Bonchev–Trinajstić information content (AvgIpc) is 2.94. The van der Waals surface area contributed by atoms with Crippen molar-refractivity contribution in [3.8, 4) is 11.5 Å². The van der Waals surface area contributed by atoms with Crippen molar-refractivity contribution in [3.05, 3.63) is 23.8 Å². The van der Waals surface area contributed by atoms with Crippen LogP contribution >= 0.6 is 0 Å². The van der Waals surface area contributed by atoms with Crippen molar-refractivity contribution in [2.24, 2.45) is 5.92 Å². The van der Waals surface area contributed by atoms with Gasteiger partial charge in [0, 0.05) is 18.7 Å². The number of hydrogen-bond donors (Lipinski definition) is 1. The van der Waals surface area contributed by atoms with Gasteiger partial charge in [-0.25, -0.2) is 0 Å². The lowest BCUT2D eigenvalue weighted by Crippen LogP contribution is -2.26. The summed E-state index contributed by atoms with van der Waals surface area (Å²) in [5, 5.41) is 10.6. The van der Waals surface area contributed by atoms with Gasteiger partial charge in [-0.1, -0.05) is 13.3 Å². The van der Waals surface area contributed by atoms with Gasteiger partial charge in [0.15, 0.2) is 0 Å². The molecule has 1 saturated heterocycles. The van der Waals surface area contributed by atoms with Gasteiger partial charge in [0.1, 0.15) is 11.5 Å². The quantitative estimate of drug-likeness (QED) is 0.839. The molecule has 1 N–H and O–H groups in total. The van der Waals surface area contributed by atoms with E-state index in [-0.39, 0.29) is 0 Å². The number of rotatable bonds is 7. The Balaban J connectivity index is 2.01. The van der Waals surface area contributed by atoms with E-state index in [2.05, 4.69) is 11.8 Å². The molecular formula is C17H27NO3. The van der Waals surface area contributed by atoms with Gasteiger partial charge < -0.3 is 19.5 Å².